The Morgan fingerprint density at radius 1 is 0.941 bits per heavy atom. The van der Waals surface area contributed by atoms with Gasteiger partial charge in [0, 0.05) is 12.1 Å². The zero-order valence-corrected chi connectivity index (χ0v) is 11.8. The van der Waals surface area contributed by atoms with Crippen LogP contribution in [0.15, 0.2) is 0 Å². The molecule has 0 aliphatic heterocycles. The molecule has 0 aromatic rings. The molecule has 2 saturated carbocycles. The van der Waals surface area contributed by atoms with Crippen LogP contribution in [0, 0.1) is 5.41 Å². The Hall–Kier alpha value is -0.0800. The Morgan fingerprint density at radius 2 is 1.47 bits per heavy atom. The molecule has 17 heavy (non-hydrogen) atoms. The van der Waals surface area contributed by atoms with Gasteiger partial charge in [0.1, 0.15) is 0 Å². The highest BCUT2D eigenvalue weighted by Gasteiger charge is 2.43. The number of rotatable bonds is 2. The van der Waals surface area contributed by atoms with Gasteiger partial charge in [-0.2, -0.15) is 0 Å². The quantitative estimate of drug-likeness (QED) is 0.775. The first-order valence-corrected chi connectivity index (χ1v) is 7.30. The van der Waals surface area contributed by atoms with Gasteiger partial charge in [-0.3, -0.25) is 0 Å². The number of hydrogen-bond donors (Lipinski definition) is 2. The summed E-state index contributed by atoms with van der Waals surface area (Å²) >= 11 is 0. The van der Waals surface area contributed by atoms with Crippen LogP contribution in [0.2, 0.25) is 0 Å². The number of hydrogen-bond acceptors (Lipinski definition) is 2. The van der Waals surface area contributed by atoms with Gasteiger partial charge in [-0.1, -0.05) is 12.8 Å². The summed E-state index contributed by atoms with van der Waals surface area (Å²) in [5.74, 6) is 0. The van der Waals surface area contributed by atoms with E-state index in [0.717, 1.165) is 19.4 Å². The van der Waals surface area contributed by atoms with Gasteiger partial charge in [-0.05, 0) is 64.7 Å². The highest BCUT2D eigenvalue weighted by molar-refractivity contribution is 4.96. The fourth-order valence-corrected chi connectivity index (χ4v) is 3.48. The fourth-order valence-electron chi connectivity index (χ4n) is 3.48. The summed E-state index contributed by atoms with van der Waals surface area (Å²) < 4.78 is 0. The second kappa shape index (κ2) is 4.55. The van der Waals surface area contributed by atoms with E-state index in [2.05, 4.69) is 26.1 Å². The summed E-state index contributed by atoms with van der Waals surface area (Å²) in [6.45, 7) is 7.25. The summed E-state index contributed by atoms with van der Waals surface area (Å²) in [4.78, 5) is 0. The third kappa shape index (κ3) is 3.45. The van der Waals surface area contributed by atoms with Gasteiger partial charge < -0.3 is 10.4 Å². The van der Waals surface area contributed by atoms with Crippen LogP contribution < -0.4 is 5.32 Å². The maximum Gasteiger partial charge on any atom is 0.0772 e. The molecule has 0 aromatic carbocycles. The van der Waals surface area contributed by atoms with Crippen molar-refractivity contribution in [2.75, 3.05) is 6.54 Å². The Kier molecular flexibility index (Phi) is 3.57. The molecule has 2 rings (SSSR count). The van der Waals surface area contributed by atoms with Crippen LogP contribution in [0.25, 0.3) is 0 Å². The van der Waals surface area contributed by atoms with Gasteiger partial charge in [-0.15, -0.1) is 0 Å². The number of β-amino-alcohol motifs (C(OH)–C–C–N with tert-alkyl or cyclic N) is 1. The van der Waals surface area contributed by atoms with E-state index in [1.807, 2.05) is 0 Å². The largest absolute Gasteiger partial charge is 0.389 e. The SMILES string of the molecule is CC(C)(C)NCC1(O)CCC2(CCCC2)CC1. The smallest absolute Gasteiger partial charge is 0.0772 e. The summed E-state index contributed by atoms with van der Waals surface area (Å²) in [7, 11) is 0. The molecule has 2 aliphatic carbocycles. The molecule has 0 radical (unpaired) electrons. The van der Waals surface area contributed by atoms with Gasteiger partial charge in [-0.25, -0.2) is 0 Å². The zero-order chi connectivity index (χ0) is 12.6. The molecule has 2 aliphatic rings. The third-order valence-corrected chi connectivity index (χ3v) is 4.85. The molecule has 0 aromatic heterocycles. The van der Waals surface area contributed by atoms with E-state index in [1.165, 1.54) is 38.5 Å². The van der Waals surface area contributed by atoms with Gasteiger partial charge in [0.25, 0.3) is 0 Å². The molecule has 0 heterocycles. The molecule has 2 heteroatoms. The minimum absolute atomic E-state index is 0.109. The Labute approximate surface area is 106 Å². The standard InChI is InChI=1S/C15H29NO/c1-13(2,3)16-12-15(17)10-8-14(9-11-15)6-4-5-7-14/h16-17H,4-12H2,1-3H3. The summed E-state index contributed by atoms with van der Waals surface area (Å²) in [5, 5.41) is 14.1. The highest BCUT2D eigenvalue weighted by Crippen LogP contribution is 2.51. The van der Waals surface area contributed by atoms with Crippen molar-refractivity contribution in [3.8, 4) is 0 Å². The van der Waals surface area contributed by atoms with Crippen LogP contribution in [0.5, 0.6) is 0 Å². The van der Waals surface area contributed by atoms with Crippen molar-refractivity contribution in [1.82, 2.24) is 5.32 Å². The van der Waals surface area contributed by atoms with Crippen molar-refractivity contribution < 1.29 is 5.11 Å². The lowest BCUT2D eigenvalue weighted by molar-refractivity contribution is -0.0347. The molecule has 0 atom stereocenters. The van der Waals surface area contributed by atoms with Gasteiger partial charge >= 0.3 is 0 Å². The molecule has 0 bridgehead atoms. The predicted octanol–water partition coefficient (Wildman–Crippen LogP) is 3.24. The van der Waals surface area contributed by atoms with Crippen molar-refractivity contribution in [3.63, 3.8) is 0 Å². The molecular formula is C15H29NO. The Bertz CT molecular complexity index is 251. The average Bonchev–Trinajstić information content (AvgIpc) is 2.69. The lowest BCUT2D eigenvalue weighted by atomic mass is 9.67. The van der Waals surface area contributed by atoms with E-state index in [0.29, 0.717) is 5.41 Å². The van der Waals surface area contributed by atoms with Crippen LogP contribution >= 0.6 is 0 Å². The molecule has 100 valence electrons. The molecule has 2 N–H and O–H groups in total. The van der Waals surface area contributed by atoms with Gasteiger partial charge in [0.15, 0.2) is 0 Å². The maximum absolute atomic E-state index is 10.6. The van der Waals surface area contributed by atoms with Crippen LogP contribution in [0.3, 0.4) is 0 Å². The molecule has 2 fully saturated rings. The van der Waals surface area contributed by atoms with Crippen LogP contribution in [-0.4, -0.2) is 22.8 Å². The van der Waals surface area contributed by atoms with Crippen LogP contribution in [-0.2, 0) is 0 Å². The highest BCUT2D eigenvalue weighted by atomic mass is 16.3. The van der Waals surface area contributed by atoms with Crippen LogP contribution in [0.4, 0.5) is 0 Å². The Morgan fingerprint density at radius 3 is 1.94 bits per heavy atom. The van der Waals surface area contributed by atoms with E-state index < -0.39 is 5.60 Å². The summed E-state index contributed by atoms with van der Waals surface area (Å²) in [6.07, 6.45) is 10.1. The second-order valence-electron chi connectivity index (χ2n) is 7.54. The van der Waals surface area contributed by atoms with Crippen molar-refractivity contribution in [1.29, 1.82) is 0 Å². The number of aliphatic hydroxyl groups is 1. The first kappa shape index (κ1) is 13.4. The summed E-state index contributed by atoms with van der Waals surface area (Å²) in [6, 6.07) is 0. The summed E-state index contributed by atoms with van der Waals surface area (Å²) in [5.41, 5.74) is 0.285. The van der Waals surface area contributed by atoms with Gasteiger partial charge in [0.05, 0.1) is 5.60 Å². The minimum atomic E-state index is -0.443. The van der Waals surface area contributed by atoms with E-state index in [1.54, 1.807) is 0 Å². The minimum Gasteiger partial charge on any atom is -0.389 e. The van der Waals surface area contributed by atoms with Crippen molar-refractivity contribution in [3.05, 3.63) is 0 Å². The fraction of sp³-hybridized carbons (Fsp3) is 1.00. The van der Waals surface area contributed by atoms with E-state index in [9.17, 15) is 5.11 Å². The zero-order valence-electron chi connectivity index (χ0n) is 11.8. The first-order chi connectivity index (χ1) is 7.83. The van der Waals surface area contributed by atoms with E-state index >= 15 is 0 Å². The molecule has 0 saturated heterocycles. The van der Waals surface area contributed by atoms with Crippen molar-refractivity contribution in [2.24, 2.45) is 5.41 Å². The predicted molar refractivity (Wildman–Crippen MR) is 72.1 cm³/mol. The Balaban J connectivity index is 1.84. The molecule has 1 spiro atoms. The van der Waals surface area contributed by atoms with Crippen molar-refractivity contribution >= 4 is 0 Å². The average molecular weight is 239 g/mol. The molecule has 0 unspecified atom stereocenters. The maximum atomic E-state index is 10.6. The lowest BCUT2D eigenvalue weighted by Crippen LogP contribution is -2.50. The second-order valence-corrected chi connectivity index (χ2v) is 7.54. The topological polar surface area (TPSA) is 32.3 Å². The molecule has 0 amide bonds. The third-order valence-electron chi connectivity index (χ3n) is 4.85. The normalized spacial score (nSPS) is 27.5. The molecular weight excluding hydrogens is 210 g/mol. The van der Waals surface area contributed by atoms with E-state index in [4.69, 9.17) is 0 Å². The van der Waals surface area contributed by atoms with Gasteiger partial charge in [0.2, 0.25) is 0 Å². The number of nitrogens with one attached hydrogen (secondary N) is 1. The lowest BCUT2D eigenvalue weighted by Gasteiger charge is -2.43. The van der Waals surface area contributed by atoms with Crippen molar-refractivity contribution in [2.45, 2.75) is 83.3 Å². The van der Waals surface area contributed by atoms with Crippen LogP contribution in [0.1, 0.15) is 72.1 Å². The van der Waals surface area contributed by atoms with E-state index in [-0.39, 0.29) is 5.54 Å². The first-order valence-electron chi connectivity index (χ1n) is 7.30. The molecule has 2 nitrogen and oxygen atoms in total. The monoisotopic (exact) mass is 239 g/mol.